The Morgan fingerprint density at radius 1 is 0.853 bits per heavy atom. The summed E-state index contributed by atoms with van der Waals surface area (Å²) < 4.78 is 4.73. The summed E-state index contributed by atoms with van der Waals surface area (Å²) in [7, 11) is 1.37. The molecule has 0 heterocycles. The van der Waals surface area contributed by atoms with Crippen LogP contribution < -0.4 is 16.0 Å². The molecule has 0 saturated heterocycles. The molecule has 0 radical (unpaired) electrons. The van der Waals surface area contributed by atoms with Gasteiger partial charge in [0.25, 0.3) is 0 Å². The average Bonchev–Trinajstić information content (AvgIpc) is 2.82. The first kappa shape index (κ1) is 24.5. The zero-order chi connectivity index (χ0) is 24.5. The molecule has 0 aliphatic carbocycles. The minimum absolute atomic E-state index is 0.0210. The molecule has 0 aromatic heterocycles. The number of hydrogen-bond acceptors (Lipinski definition) is 4. The number of carbonyl (C=O) groups excluding carboxylic acids is 3. The van der Waals surface area contributed by atoms with E-state index in [1.807, 2.05) is 62.4 Å². The summed E-state index contributed by atoms with van der Waals surface area (Å²) in [6.45, 7) is 3.86. The molecular weight excluding hydrogens is 430 g/mol. The van der Waals surface area contributed by atoms with E-state index < -0.39 is 0 Å². The number of urea groups is 1. The molecule has 0 saturated carbocycles. The summed E-state index contributed by atoms with van der Waals surface area (Å²) in [5, 5.41) is 8.51. The maximum Gasteiger partial charge on any atom is 0.323 e. The Balaban J connectivity index is 1.53. The number of carbonyl (C=O) groups is 3. The number of para-hydroxylation sites is 1. The summed E-state index contributed by atoms with van der Waals surface area (Å²) in [6.07, 6.45) is 0.467. The minimum atomic E-state index is -0.332. The lowest BCUT2D eigenvalue weighted by Gasteiger charge is -2.13. The lowest BCUT2D eigenvalue weighted by Crippen LogP contribution is -2.20. The van der Waals surface area contributed by atoms with Crippen molar-refractivity contribution in [3.05, 3.63) is 89.5 Å². The largest absolute Gasteiger partial charge is 0.469 e. The van der Waals surface area contributed by atoms with Gasteiger partial charge >= 0.3 is 12.0 Å². The van der Waals surface area contributed by atoms with Crippen molar-refractivity contribution in [3.8, 4) is 0 Å². The minimum Gasteiger partial charge on any atom is -0.469 e. The predicted octanol–water partition coefficient (Wildman–Crippen LogP) is 5.49. The van der Waals surface area contributed by atoms with Crippen LogP contribution in [0.25, 0.3) is 0 Å². The van der Waals surface area contributed by atoms with E-state index in [2.05, 4.69) is 16.0 Å². The van der Waals surface area contributed by atoms with Crippen LogP contribution >= 0.6 is 0 Å². The highest BCUT2D eigenvalue weighted by molar-refractivity contribution is 6.00. The number of esters is 1. The maximum atomic E-state index is 12.5. The van der Waals surface area contributed by atoms with E-state index in [4.69, 9.17) is 4.74 Å². The number of ether oxygens (including phenoxy) is 1. The molecule has 3 N–H and O–H groups in total. The van der Waals surface area contributed by atoms with Gasteiger partial charge in [-0.1, -0.05) is 49.4 Å². The number of hydrogen-bond donors (Lipinski definition) is 3. The number of benzene rings is 3. The third-order valence-corrected chi connectivity index (χ3v) is 5.41. The van der Waals surface area contributed by atoms with Crippen molar-refractivity contribution in [3.63, 3.8) is 0 Å². The predicted molar refractivity (Wildman–Crippen MR) is 134 cm³/mol. The van der Waals surface area contributed by atoms with Gasteiger partial charge in [0.1, 0.15) is 0 Å². The molecule has 34 heavy (non-hydrogen) atoms. The number of anilines is 3. The number of amides is 3. The van der Waals surface area contributed by atoms with Gasteiger partial charge < -0.3 is 20.7 Å². The average molecular weight is 460 g/mol. The Bertz CT molecular complexity index is 1160. The highest BCUT2D eigenvalue weighted by atomic mass is 16.5. The molecule has 3 amide bonds. The van der Waals surface area contributed by atoms with E-state index in [0.717, 1.165) is 22.4 Å². The standard InChI is InChI=1S/C27H29N3O4/c1-18-7-4-5-10-24(18)30-27(33)29-22-13-11-20(12-14-22)16-25(31)28-23-9-6-8-21(17-23)19(2)15-26(32)34-3/h4-14,17,19H,15-16H2,1-3H3,(H,28,31)(H2,29,30,33). The van der Waals surface area contributed by atoms with Gasteiger partial charge in [-0.25, -0.2) is 4.79 Å². The van der Waals surface area contributed by atoms with Crippen molar-refractivity contribution >= 4 is 35.0 Å². The van der Waals surface area contributed by atoms with Gasteiger partial charge in [-0.3, -0.25) is 9.59 Å². The number of rotatable bonds is 8. The number of methoxy groups -OCH3 is 1. The lowest BCUT2D eigenvalue weighted by molar-refractivity contribution is -0.141. The van der Waals surface area contributed by atoms with Crippen LogP contribution in [0.1, 0.15) is 36.0 Å². The highest BCUT2D eigenvalue weighted by Gasteiger charge is 2.13. The van der Waals surface area contributed by atoms with Gasteiger partial charge in [-0.15, -0.1) is 0 Å². The maximum absolute atomic E-state index is 12.5. The van der Waals surface area contributed by atoms with Crippen molar-refractivity contribution in [2.45, 2.75) is 32.6 Å². The third kappa shape index (κ3) is 7.20. The first-order valence-corrected chi connectivity index (χ1v) is 11.0. The van der Waals surface area contributed by atoms with Crippen molar-refractivity contribution < 1.29 is 19.1 Å². The Hall–Kier alpha value is -4.13. The highest BCUT2D eigenvalue weighted by Crippen LogP contribution is 2.23. The molecule has 0 bridgehead atoms. The molecule has 1 atom stereocenters. The molecular formula is C27H29N3O4. The molecule has 176 valence electrons. The normalized spacial score (nSPS) is 11.3. The second-order valence-electron chi connectivity index (χ2n) is 8.12. The van der Waals surface area contributed by atoms with Crippen molar-refractivity contribution in [1.29, 1.82) is 0 Å². The summed E-state index contributed by atoms with van der Waals surface area (Å²) in [5.74, 6) is -0.448. The van der Waals surface area contributed by atoms with Gasteiger partial charge in [0.15, 0.2) is 0 Å². The fourth-order valence-corrected chi connectivity index (χ4v) is 3.47. The third-order valence-electron chi connectivity index (χ3n) is 5.41. The Morgan fingerprint density at radius 3 is 2.29 bits per heavy atom. The fourth-order valence-electron chi connectivity index (χ4n) is 3.47. The van der Waals surface area contributed by atoms with E-state index >= 15 is 0 Å². The molecule has 3 rings (SSSR count). The van der Waals surface area contributed by atoms with Gasteiger partial charge in [0, 0.05) is 17.1 Å². The topological polar surface area (TPSA) is 96.5 Å². The molecule has 0 spiro atoms. The van der Waals surface area contributed by atoms with E-state index in [1.54, 1.807) is 24.3 Å². The smallest absolute Gasteiger partial charge is 0.323 e. The van der Waals surface area contributed by atoms with Crippen LogP contribution in [0, 0.1) is 6.92 Å². The fraction of sp³-hybridized carbons (Fsp3) is 0.222. The van der Waals surface area contributed by atoms with Crippen LogP contribution in [-0.4, -0.2) is 25.0 Å². The van der Waals surface area contributed by atoms with E-state index in [9.17, 15) is 14.4 Å². The van der Waals surface area contributed by atoms with Crippen molar-refractivity contribution in [2.75, 3.05) is 23.1 Å². The quantitative estimate of drug-likeness (QED) is 0.388. The van der Waals surface area contributed by atoms with Crippen LogP contribution in [0.15, 0.2) is 72.8 Å². The molecule has 0 aliphatic rings. The van der Waals surface area contributed by atoms with Gasteiger partial charge in [0.2, 0.25) is 5.91 Å². The lowest BCUT2D eigenvalue weighted by atomic mass is 9.97. The molecule has 7 nitrogen and oxygen atoms in total. The van der Waals surface area contributed by atoms with Gasteiger partial charge in [-0.2, -0.15) is 0 Å². The number of aryl methyl sites for hydroxylation is 1. The van der Waals surface area contributed by atoms with Crippen molar-refractivity contribution in [1.82, 2.24) is 0 Å². The molecule has 0 aliphatic heterocycles. The van der Waals surface area contributed by atoms with Crippen molar-refractivity contribution in [2.24, 2.45) is 0 Å². The number of nitrogens with one attached hydrogen (secondary N) is 3. The molecule has 1 unspecified atom stereocenters. The van der Waals surface area contributed by atoms with E-state index in [-0.39, 0.29) is 36.7 Å². The Kier molecular flexibility index (Phi) is 8.40. The summed E-state index contributed by atoms with van der Waals surface area (Å²) in [6, 6.07) is 21.8. The summed E-state index contributed by atoms with van der Waals surface area (Å²) in [5.41, 5.74) is 4.78. The monoisotopic (exact) mass is 459 g/mol. The SMILES string of the molecule is COC(=O)CC(C)c1cccc(NC(=O)Cc2ccc(NC(=O)Nc3ccccc3C)cc2)c1. The van der Waals surface area contributed by atoms with Crippen LogP contribution in [-0.2, 0) is 20.7 Å². The van der Waals surface area contributed by atoms with Crippen LogP contribution in [0.4, 0.5) is 21.9 Å². The van der Waals surface area contributed by atoms with E-state index in [0.29, 0.717) is 11.4 Å². The van der Waals surface area contributed by atoms with Gasteiger partial charge in [-0.05, 0) is 59.9 Å². The van der Waals surface area contributed by atoms with Gasteiger partial charge in [0.05, 0.1) is 20.0 Å². The molecule has 0 fully saturated rings. The molecule has 7 heteroatoms. The second-order valence-corrected chi connectivity index (χ2v) is 8.12. The molecule has 3 aromatic rings. The Labute approximate surface area is 199 Å². The molecule has 3 aromatic carbocycles. The zero-order valence-corrected chi connectivity index (χ0v) is 19.6. The second kappa shape index (κ2) is 11.7. The first-order chi connectivity index (χ1) is 16.3. The van der Waals surface area contributed by atoms with E-state index in [1.165, 1.54) is 7.11 Å². The summed E-state index contributed by atoms with van der Waals surface area (Å²) in [4.78, 5) is 36.3. The van der Waals surface area contributed by atoms with Crippen LogP contribution in [0.2, 0.25) is 0 Å². The summed E-state index contributed by atoms with van der Waals surface area (Å²) >= 11 is 0. The Morgan fingerprint density at radius 2 is 1.59 bits per heavy atom. The van der Waals surface area contributed by atoms with Crippen LogP contribution in [0.5, 0.6) is 0 Å². The zero-order valence-electron chi connectivity index (χ0n) is 19.6. The first-order valence-electron chi connectivity index (χ1n) is 11.0. The van der Waals surface area contributed by atoms with Crippen LogP contribution in [0.3, 0.4) is 0 Å².